The van der Waals surface area contributed by atoms with E-state index in [0.29, 0.717) is 18.7 Å². The monoisotopic (exact) mass is 415 g/mol. The van der Waals surface area contributed by atoms with Crippen molar-refractivity contribution in [2.24, 2.45) is 10.2 Å². The van der Waals surface area contributed by atoms with Crippen molar-refractivity contribution in [1.82, 2.24) is 0 Å². The zero-order chi connectivity index (χ0) is 21.6. The molecule has 9 nitrogen and oxygen atoms in total. The summed E-state index contributed by atoms with van der Waals surface area (Å²) < 4.78 is 24.0. The summed E-state index contributed by atoms with van der Waals surface area (Å²) in [6.45, 7) is 5.22. The molecule has 0 unspecified atom stereocenters. The van der Waals surface area contributed by atoms with Crippen LogP contribution in [0.25, 0.3) is 0 Å². The van der Waals surface area contributed by atoms with E-state index in [1.165, 1.54) is 12.1 Å². The maximum atomic E-state index is 12.0. The molecule has 0 saturated carbocycles. The van der Waals surface area contributed by atoms with Crippen LogP contribution in [0.1, 0.15) is 18.9 Å². The number of non-ortho nitro benzene ring substituents is 1. The van der Waals surface area contributed by atoms with Crippen molar-refractivity contribution in [3.63, 3.8) is 0 Å². The van der Waals surface area contributed by atoms with Gasteiger partial charge in [0, 0.05) is 37.2 Å². The zero-order valence-electron chi connectivity index (χ0n) is 16.4. The average Bonchev–Trinajstić information content (AvgIpc) is 2.67. The second-order valence-corrected chi connectivity index (χ2v) is 8.32. The van der Waals surface area contributed by atoms with Gasteiger partial charge in [-0.1, -0.05) is 0 Å². The molecule has 0 radical (unpaired) electrons. The Hall–Kier alpha value is -3.32. The van der Waals surface area contributed by atoms with Gasteiger partial charge in [0.15, 0.2) is 9.84 Å². The number of rotatable bonds is 8. The van der Waals surface area contributed by atoms with E-state index in [1.807, 2.05) is 26.0 Å². The first-order valence-corrected chi connectivity index (χ1v) is 10.7. The standard InChI is InChI=1S/C19H21N5O4S/c1-4-23(11-5-10-20)15-6-8-17(14(2)12-15)21-22-18-9-7-16(24(25)26)13-19(18)29(3,27)28/h6-9,12-13H,4-5,11H2,1-3H3. The van der Waals surface area contributed by atoms with Gasteiger partial charge < -0.3 is 4.90 Å². The third kappa shape index (κ3) is 5.58. The number of sulfone groups is 1. The number of nitriles is 1. The van der Waals surface area contributed by atoms with Gasteiger partial charge in [0.2, 0.25) is 0 Å². The molecular weight excluding hydrogens is 394 g/mol. The summed E-state index contributed by atoms with van der Waals surface area (Å²) in [6, 6.07) is 11.1. The van der Waals surface area contributed by atoms with Gasteiger partial charge in [-0.15, -0.1) is 5.11 Å². The molecule has 0 N–H and O–H groups in total. The number of benzene rings is 2. The number of aryl methyl sites for hydroxylation is 1. The van der Waals surface area contributed by atoms with E-state index in [2.05, 4.69) is 21.2 Å². The molecule has 0 aliphatic heterocycles. The summed E-state index contributed by atoms with van der Waals surface area (Å²) in [5.41, 5.74) is 2.02. The molecule has 0 heterocycles. The number of nitro benzene ring substituents is 1. The number of nitrogens with zero attached hydrogens (tertiary/aromatic N) is 5. The minimum atomic E-state index is -3.73. The minimum Gasteiger partial charge on any atom is -0.371 e. The highest BCUT2D eigenvalue weighted by Gasteiger charge is 2.18. The number of anilines is 1. The lowest BCUT2D eigenvalue weighted by atomic mass is 10.1. The highest BCUT2D eigenvalue weighted by atomic mass is 32.2. The largest absolute Gasteiger partial charge is 0.371 e. The molecule has 0 aliphatic rings. The van der Waals surface area contributed by atoms with E-state index in [-0.39, 0.29) is 16.3 Å². The lowest BCUT2D eigenvalue weighted by molar-refractivity contribution is -0.385. The van der Waals surface area contributed by atoms with E-state index in [9.17, 15) is 18.5 Å². The normalized spacial score (nSPS) is 11.4. The van der Waals surface area contributed by atoms with Crippen LogP contribution in [0, 0.1) is 28.4 Å². The van der Waals surface area contributed by atoms with Gasteiger partial charge >= 0.3 is 0 Å². The molecule has 2 aromatic carbocycles. The number of nitro groups is 1. The van der Waals surface area contributed by atoms with Gasteiger partial charge in [-0.2, -0.15) is 10.4 Å². The van der Waals surface area contributed by atoms with Crippen molar-refractivity contribution in [1.29, 1.82) is 5.26 Å². The summed E-state index contributed by atoms with van der Waals surface area (Å²) >= 11 is 0. The fraction of sp³-hybridized carbons (Fsp3) is 0.316. The number of azo groups is 1. The quantitative estimate of drug-likeness (QED) is 0.355. The summed E-state index contributed by atoms with van der Waals surface area (Å²) in [5, 5.41) is 27.9. The molecule has 0 aliphatic carbocycles. The molecule has 152 valence electrons. The predicted octanol–water partition coefficient (Wildman–Crippen LogP) is 4.46. The number of hydrogen-bond acceptors (Lipinski definition) is 8. The van der Waals surface area contributed by atoms with Gasteiger partial charge in [0.1, 0.15) is 10.6 Å². The van der Waals surface area contributed by atoms with Crippen molar-refractivity contribution in [2.45, 2.75) is 25.2 Å². The number of hydrogen-bond donors (Lipinski definition) is 0. The fourth-order valence-electron chi connectivity index (χ4n) is 2.71. The SMILES string of the molecule is CCN(CCC#N)c1ccc(N=Nc2ccc([N+](=O)[O-])cc2S(C)(=O)=O)c(C)c1. The Balaban J connectivity index is 2.37. The molecule has 0 bridgehead atoms. The first kappa shape index (κ1) is 22.0. The molecule has 29 heavy (non-hydrogen) atoms. The highest BCUT2D eigenvalue weighted by molar-refractivity contribution is 7.90. The van der Waals surface area contributed by atoms with Gasteiger partial charge in [-0.25, -0.2) is 8.42 Å². The summed E-state index contributed by atoms with van der Waals surface area (Å²) in [7, 11) is -3.73. The maximum absolute atomic E-state index is 12.0. The molecule has 0 atom stereocenters. The minimum absolute atomic E-state index is 0.0331. The molecule has 2 rings (SSSR count). The Labute approximate surface area is 169 Å². The Bertz CT molecular complexity index is 1090. The molecule has 0 saturated heterocycles. The summed E-state index contributed by atoms with van der Waals surface area (Å²) in [6.07, 6.45) is 1.38. The van der Waals surface area contributed by atoms with E-state index < -0.39 is 14.8 Å². The van der Waals surface area contributed by atoms with E-state index >= 15 is 0 Å². The van der Waals surface area contributed by atoms with Gasteiger partial charge in [-0.05, 0) is 43.7 Å². The van der Waals surface area contributed by atoms with Crippen LogP contribution in [-0.2, 0) is 9.84 Å². The molecular formula is C19H21N5O4S. The van der Waals surface area contributed by atoms with Gasteiger partial charge in [0.25, 0.3) is 5.69 Å². The van der Waals surface area contributed by atoms with Gasteiger partial charge in [-0.3, -0.25) is 10.1 Å². The molecule has 10 heteroatoms. The van der Waals surface area contributed by atoms with Gasteiger partial charge in [0.05, 0.1) is 23.1 Å². The lowest BCUT2D eigenvalue weighted by Gasteiger charge is -2.22. The van der Waals surface area contributed by atoms with Crippen LogP contribution in [-0.4, -0.2) is 32.7 Å². The Morgan fingerprint density at radius 1 is 1.17 bits per heavy atom. The Kier molecular flexibility index (Phi) is 7.01. The van der Waals surface area contributed by atoms with Crippen LogP contribution in [0.15, 0.2) is 51.5 Å². The molecule has 0 spiro atoms. The molecule has 0 aromatic heterocycles. The summed E-state index contributed by atoms with van der Waals surface area (Å²) in [5.74, 6) is 0. The van der Waals surface area contributed by atoms with Crippen molar-refractivity contribution >= 4 is 32.6 Å². The zero-order valence-corrected chi connectivity index (χ0v) is 17.2. The van der Waals surface area contributed by atoms with Crippen LogP contribution in [0.2, 0.25) is 0 Å². The highest BCUT2D eigenvalue weighted by Crippen LogP contribution is 2.31. The van der Waals surface area contributed by atoms with E-state index in [4.69, 9.17) is 5.26 Å². The van der Waals surface area contributed by atoms with Crippen molar-refractivity contribution in [3.05, 3.63) is 52.1 Å². The first-order chi connectivity index (χ1) is 13.7. The van der Waals surface area contributed by atoms with E-state index in [1.54, 1.807) is 6.07 Å². The van der Waals surface area contributed by atoms with Crippen molar-refractivity contribution in [3.8, 4) is 6.07 Å². The van der Waals surface area contributed by atoms with Crippen molar-refractivity contribution in [2.75, 3.05) is 24.2 Å². The second kappa shape index (κ2) is 9.25. The average molecular weight is 415 g/mol. The maximum Gasteiger partial charge on any atom is 0.270 e. The van der Waals surface area contributed by atoms with Crippen LogP contribution >= 0.6 is 0 Å². The Morgan fingerprint density at radius 2 is 1.83 bits per heavy atom. The fourth-order valence-corrected chi connectivity index (χ4v) is 3.53. The summed E-state index contributed by atoms with van der Waals surface area (Å²) in [4.78, 5) is 12.1. The lowest BCUT2D eigenvalue weighted by Crippen LogP contribution is -2.23. The molecule has 0 amide bonds. The third-order valence-electron chi connectivity index (χ3n) is 4.24. The van der Waals surface area contributed by atoms with Crippen LogP contribution in [0.5, 0.6) is 0 Å². The third-order valence-corrected chi connectivity index (χ3v) is 5.37. The first-order valence-electron chi connectivity index (χ1n) is 8.80. The second-order valence-electron chi connectivity index (χ2n) is 6.34. The van der Waals surface area contributed by atoms with Crippen LogP contribution in [0.3, 0.4) is 0 Å². The molecule has 0 fully saturated rings. The topological polar surface area (TPSA) is 129 Å². The predicted molar refractivity (Wildman–Crippen MR) is 110 cm³/mol. The molecule has 2 aromatic rings. The Morgan fingerprint density at radius 3 is 2.38 bits per heavy atom. The van der Waals surface area contributed by atoms with Crippen LogP contribution < -0.4 is 4.90 Å². The van der Waals surface area contributed by atoms with Crippen LogP contribution in [0.4, 0.5) is 22.7 Å². The van der Waals surface area contributed by atoms with E-state index in [0.717, 1.165) is 30.1 Å². The van der Waals surface area contributed by atoms with Crippen molar-refractivity contribution < 1.29 is 13.3 Å². The smallest absolute Gasteiger partial charge is 0.270 e.